The molecule has 0 atom stereocenters. The normalized spacial score (nSPS) is 26.7. The van der Waals surface area contributed by atoms with Crippen LogP contribution in [0.4, 0.5) is 35.1 Å². The van der Waals surface area contributed by atoms with E-state index < -0.39 is 63.7 Å². The van der Waals surface area contributed by atoms with Crippen LogP contribution in [-0.2, 0) is 19.7 Å². The average Bonchev–Trinajstić information content (AvgIpc) is 2.91. The Morgan fingerprint density at radius 1 is 0.614 bits per heavy atom. The molecule has 2 aromatic rings. The minimum atomic E-state index is -4.95. The third kappa shape index (κ3) is 8.72. The van der Waals surface area contributed by atoms with Gasteiger partial charge >= 0.3 is 12.7 Å². The Bertz CT molecular complexity index is 1390. The van der Waals surface area contributed by atoms with Gasteiger partial charge in [-0.05, 0) is 87.8 Å². The summed E-state index contributed by atoms with van der Waals surface area (Å²) in [6, 6.07) is 6.98. The largest absolute Gasteiger partial charge is 0.573 e. The van der Waals surface area contributed by atoms with Crippen molar-refractivity contribution in [2.45, 2.75) is 96.0 Å². The topological polar surface area (TPSA) is 139 Å². The van der Waals surface area contributed by atoms with Gasteiger partial charge in [0.2, 0.25) is 29.7 Å². The van der Waals surface area contributed by atoms with Crippen LogP contribution in [0.15, 0.2) is 58.3 Å². The van der Waals surface area contributed by atoms with Crippen molar-refractivity contribution in [3.05, 3.63) is 48.5 Å². The fourth-order valence-electron chi connectivity index (χ4n) is 4.78. The van der Waals surface area contributed by atoms with Crippen LogP contribution in [-0.4, -0.2) is 51.6 Å². The molecule has 0 saturated heterocycles. The molecule has 2 saturated carbocycles. The second kappa shape index (κ2) is 13.0. The summed E-state index contributed by atoms with van der Waals surface area (Å²) in [5, 5.41) is -5.03. The predicted octanol–water partition coefficient (Wildman–Crippen LogP) is 5.85. The molecule has 2 aliphatic rings. The van der Waals surface area contributed by atoms with Crippen molar-refractivity contribution in [3.63, 3.8) is 0 Å². The fraction of sp³-hybridized carbons (Fsp3) is 0.538. The summed E-state index contributed by atoms with van der Waals surface area (Å²) >= 11 is 0. The van der Waals surface area contributed by atoms with E-state index in [1.165, 1.54) is 0 Å². The lowest BCUT2D eigenvalue weighted by Crippen LogP contribution is -2.41. The summed E-state index contributed by atoms with van der Waals surface area (Å²) in [6.45, 7) is 0. The molecule has 0 heterocycles. The third-order valence-corrected chi connectivity index (χ3v) is 11.7. The molecule has 0 unspecified atom stereocenters. The molecule has 2 fully saturated rings. The second-order valence-corrected chi connectivity index (χ2v) is 14.9. The van der Waals surface area contributed by atoms with Crippen molar-refractivity contribution in [1.29, 1.82) is 0 Å². The van der Waals surface area contributed by atoms with Crippen LogP contribution in [0.2, 0.25) is 0 Å². The molecule has 0 amide bonds. The molecule has 2 aromatic carbocycles. The molecule has 8 nitrogen and oxygen atoms in total. The van der Waals surface area contributed by atoms with Gasteiger partial charge in [0, 0.05) is 12.1 Å². The van der Waals surface area contributed by atoms with E-state index >= 15 is 0 Å². The van der Waals surface area contributed by atoms with Crippen molar-refractivity contribution in [1.82, 2.24) is 0 Å². The van der Waals surface area contributed by atoms with E-state index in [0.29, 0.717) is 12.1 Å². The van der Waals surface area contributed by atoms with Crippen LogP contribution in [0.1, 0.15) is 51.4 Å². The van der Waals surface area contributed by atoms with Gasteiger partial charge in [0.15, 0.2) is 0 Å². The maximum absolute atomic E-state index is 14.8. The summed E-state index contributed by atoms with van der Waals surface area (Å²) < 4.78 is 160. The molecular weight excluding hydrogens is 652 g/mol. The number of alkyl halides is 8. The molecule has 4 rings (SSSR count). The van der Waals surface area contributed by atoms with Crippen LogP contribution >= 0.6 is 0 Å². The molecule has 44 heavy (non-hydrogen) atoms. The maximum atomic E-state index is 14.8. The number of hydrogen-bond acceptors (Lipinski definition) is 8. The lowest BCUT2D eigenvalue weighted by Gasteiger charge is -2.32. The van der Waals surface area contributed by atoms with Crippen LogP contribution in [0.5, 0.6) is 11.5 Å². The Morgan fingerprint density at radius 2 is 0.909 bits per heavy atom. The Labute approximate surface area is 248 Å². The number of sulfone groups is 2. The van der Waals surface area contributed by atoms with Crippen LogP contribution in [0.25, 0.3) is 0 Å². The van der Waals surface area contributed by atoms with E-state index in [2.05, 4.69) is 9.47 Å². The van der Waals surface area contributed by atoms with Gasteiger partial charge in [-0.2, -0.15) is 0 Å². The molecule has 0 radical (unpaired) electrons. The van der Waals surface area contributed by atoms with Crippen molar-refractivity contribution >= 4 is 19.7 Å². The highest BCUT2D eigenvalue weighted by atomic mass is 32.2. The van der Waals surface area contributed by atoms with E-state index in [9.17, 15) is 52.0 Å². The summed E-state index contributed by atoms with van der Waals surface area (Å²) in [4.78, 5) is -1.07. The first-order chi connectivity index (χ1) is 20.1. The molecular formula is C26H30F8N2O6S2. The SMILES string of the molecule is NC1CCC(F)(S(=O)(=O)c2cccc(OC(F)(F)F)c2)CC1.NC1CCC(F)(S(=O)(=O)c2cccc(OC(F)(F)F)c2)CC1. The lowest BCUT2D eigenvalue weighted by atomic mass is 9.94. The molecule has 0 bridgehead atoms. The monoisotopic (exact) mass is 682 g/mol. The van der Waals surface area contributed by atoms with E-state index in [-0.39, 0.29) is 63.5 Å². The summed E-state index contributed by atoms with van der Waals surface area (Å²) in [7, 11) is -8.87. The Balaban J connectivity index is 0.000000240. The highest BCUT2D eigenvalue weighted by Crippen LogP contribution is 2.42. The maximum Gasteiger partial charge on any atom is 0.573 e. The first-order valence-corrected chi connectivity index (χ1v) is 16.1. The van der Waals surface area contributed by atoms with Gasteiger partial charge in [0.1, 0.15) is 11.5 Å². The van der Waals surface area contributed by atoms with E-state index in [1.54, 1.807) is 0 Å². The Hall–Kier alpha value is -2.70. The number of hydrogen-bond donors (Lipinski definition) is 2. The van der Waals surface area contributed by atoms with Gasteiger partial charge in [-0.3, -0.25) is 0 Å². The summed E-state index contributed by atoms with van der Waals surface area (Å²) in [5.41, 5.74) is 11.2. The fourth-order valence-corrected chi connectivity index (χ4v) is 8.23. The standard InChI is InChI=1S/2C13H15F4NO3S/c2*14-12(6-4-9(18)5-7-12)22(19,20)11-3-1-2-10(8-11)21-13(15,16)17/h2*1-3,8-9H,4-7,18H2. The molecule has 0 aromatic heterocycles. The van der Waals surface area contributed by atoms with Gasteiger partial charge < -0.3 is 20.9 Å². The summed E-state index contributed by atoms with van der Waals surface area (Å²) in [5.74, 6) is -1.41. The quantitative estimate of drug-likeness (QED) is 0.362. The van der Waals surface area contributed by atoms with Gasteiger partial charge in [-0.15, -0.1) is 26.3 Å². The van der Waals surface area contributed by atoms with Gasteiger partial charge in [-0.1, -0.05) is 12.1 Å². The van der Waals surface area contributed by atoms with Crippen molar-refractivity contribution in [3.8, 4) is 11.5 Å². The third-order valence-electron chi connectivity index (χ3n) is 7.22. The molecule has 18 heteroatoms. The van der Waals surface area contributed by atoms with Crippen LogP contribution < -0.4 is 20.9 Å². The smallest absolute Gasteiger partial charge is 0.406 e. The highest BCUT2D eigenvalue weighted by molar-refractivity contribution is 7.93. The minimum absolute atomic E-state index is 0.203. The highest BCUT2D eigenvalue weighted by Gasteiger charge is 2.48. The number of halogens is 8. The second-order valence-electron chi connectivity index (χ2n) is 10.5. The van der Waals surface area contributed by atoms with Crippen molar-refractivity contribution < 1.29 is 61.4 Å². The molecule has 248 valence electrons. The van der Waals surface area contributed by atoms with Crippen LogP contribution in [0, 0.1) is 0 Å². The molecule has 0 aliphatic heterocycles. The zero-order valence-electron chi connectivity index (χ0n) is 22.9. The van der Waals surface area contributed by atoms with Gasteiger partial charge in [-0.25, -0.2) is 25.6 Å². The Kier molecular flexibility index (Phi) is 10.5. The Morgan fingerprint density at radius 3 is 1.18 bits per heavy atom. The van der Waals surface area contributed by atoms with Crippen molar-refractivity contribution in [2.24, 2.45) is 11.5 Å². The van der Waals surface area contributed by atoms with E-state index in [1.807, 2.05) is 0 Å². The van der Waals surface area contributed by atoms with Crippen LogP contribution in [0.3, 0.4) is 0 Å². The zero-order chi connectivity index (χ0) is 33.2. The van der Waals surface area contributed by atoms with Gasteiger partial charge in [0.25, 0.3) is 0 Å². The van der Waals surface area contributed by atoms with E-state index in [4.69, 9.17) is 11.5 Å². The predicted molar refractivity (Wildman–Crippen MR) is 141 cm³/mol. The first-order valence-electron chi connectivity index (χ1n) is 13.2. The molecule has 0 spiro atoms. The number of rotatable bonds is 6. The van der Waals surface area contributed by atoms with Crippen molar-refractivity contribution in [2.75, 3.05) is 0 Å². The molecule has 4 N–H and O–H groups in total. The number of nitrogens with two attached hydrogens (primary N) is 2. The number of ether oxygens (including phenoxy) is 2. The first kappa shape index (κ1) is 35.8. The summed E-state index contributed by atoms with van der Waals surface area (Å²) in [6.07, 6.45) is -10.2. The zero-order valence-corrected chi connectivity index (χ0v) is 24.5. The van der Waals surface area contributed by atoms with Gasteiger partial charge in [0.05, 0.1) is 9.79 Å². The molecule has 2 aliphatic carbocycles. The minimum Gasteiger partial charge on any atom is -0.406 e. The number of benzene rings is 2. The van der Waals surface area contributed by atoms with E-state index in [0.717, 1.165) is 36.4 Å². The average molecular weight is 683 g/mol. The lowest BCUT2D eigenvalue weighted by molar-refractivity contribution is -0.275.